The number of rotatable bonds is 4. The molecule has 2 heterocycles. The van der Waals surface area contributed by atoms with Gasteiger partial charge in [0.05, 0.1) is 15.7 Å². The van der Waals surface area contributed by atoms with E-state index in [1.165, 1.54) is 5.56 Å². The third-order valence-electron chi connectivity index (χ3n) is 4.81. The molecule has 0 aliphatic carbocycles. The summed E-state index contributed by atoms with van der Waals surface area (Å²) in [6.07, 6.45) is 1.59. The predicted octanol–water partition coefficient (Wildman–Crippen LogP) is 5.62. The number of nitrogens with one attached hydrogen (secondary N) is 1. The Morgan fingerprint density at radius 1 is 0.933 bits per heavy atom. The van der Waals surface area contributed by atoms with Crippen LogP contribution >= 0.6 is 11.3 Å². The van der Waals surface area contributed by atoms with Crippen molar-refractivity contribution >= 4 is 48.2 Å². The molecular weight excluding hydrogens is 414 g/mol. The molecule has 0 saturated heterocycles. The lowest BCUT2D eigenvalue weighted by Crippen LogP contribution is -2.13. The van der Waals surface area contributed by atoms with Gasteiger partial charge in [-0.1, -0.05) is 24.3 Å². The lowest BCUT2D eigenvalue weighted by molar-refractivity contribution is 0.602. The highest BCUT2D eigenvalue weighted by Crippen LogP contribution is 2.32. The maximum atomic E-state index is 13.0. The second kappa shape index (κ2) is 7.19. The lowest BCUT2D eigenvalue weighted by Gasteiger charge is -2.10. The molecule has 3 aromatic carbocycles. The molecule has 0 amide bonds. The van der Waals surface area contributed by atoms with Crippen LogP contribution in [-0.2, 0) is 10.0 Å². The molecule has 0 radical (unpaired) electrons. The van der Waals surface area contributed by atoms with E-state index in [4.69, 9.17) is 0 Å². The highest BCUT2D eigenvalue weighted by Gasteiger charge is 2.18. The molecule has 148 valence electrons. The molecular formula is C23H17N3O2S2. The standard InChI is InChI=1S/C23H17N3O2S2/c1-15-7-12-19-20(14-15)29-23(25-19)17-8-10-18(11-9-17)26-30(27,28)21-6-2-4-16-5-3-13-24-22(16)21/h2-14,26H,1H3. The Morgan fingerprint density at radius 2 is 1.73 bits per heavy atom. The van der Waals surface area contributed by atoms with Crippen molar-refractivity contribution in [1.29, 1.82) is 0 Å². The lowest BCUT2D eigenvalue weighted by atomic mass is 10.2. The van der Waals surface area contributed by atoms with Crippen LogP contribution in [0.1, 0.15) is 5.56 Å². The molecule has 0 aliphatic rings. The highest BCUT2D eigenvalue weighted by atomic mass is 32.2. The topological polar surface area (TPSA) is 72.0 Å². The Kier molecular flexibility index (Phi) is 4.49. The molecule has 0 atom stereocenters. The Bertz CT molecular complexity index is 1490. The number of aromatic nitrogens is 2. The Hall–Kier alpha value is -3.29. The Morgan fingerprint density at radius 3 is 2.57 bits per heavy atom. The van der Waals surface area contributed by atoms with Crippen molar-refractivity contribution in [1.82, 2.24) is 9.97 Å². The van der Waals surface area contributed by atoms with E-state index in [1.54, 1.807) is 47.9 Å². The molecule has 0 aliphatic heterocycles. The minimum atomic E-state index is -3.77. The second-order valence-corrected chi connectivity index (χ2v) is 9.69. The maximum Gasteiger partial charge on any atom is 0.264 e. The summed E-state index contributed by atoms with van der Waals surface area (Å²) < 4.78 is 29.7. The summed E-state index contributed by atoms with van der Waals surface area (Å²) in [6, 6.07) is 22.2. The van der Waals surface area contributed by atoms with Crippen molar-refractivity contribution in [2.45, 2.75) is 11.8 Å². The number of hydrogen-bond donors (Lipinski definition) is 1. The number of nitrogens with zero attached hydrogens (tertiary/aromatic N) is 2. The van der Waals surface area contributed by atoms with Gasteiger partial charge in [-0.2, -0.15) is 0 Å². The zero-order chi connectivity index (χ0) is 20.7. The third-order valence-corrected chi connectivity index (χ3v) is 7.29. The summed E-state index contributed by atoms with van der Waals surface area (Å²) in [5, 5.41) is 1.69. The molecule has 0 spiro atoms. The highest BCUT2D eigenvalue weighted by molar-refractivity contribution is 7.93. The summed E-state index contributed by atoms with van der Waals surface area (Å²) in [6.45, 7) is 2.06. The van der Waals surface area contributed by atoms with E-state index in [9.17, 15) is 8.42 Å². The Labute approximate surface area is 178 Å². The molecule has 5 nitrogen and oxygen atoms in total. The van der Waals surface area contributed by atoms with Crippen molar-refractivity contribution in [2.75, 3.05) is 4.72 Å². The minimum absolute atomic E-state index is 0.159. The number of pyridine rings is 1. The van der Waals surface area contributed by atoms with Gasteiger partial charge >= 0.3 is 0 Å². The summed E-state index contributed by atoms with van der Waals surface area (Å²) in [5.74, 6) is 0. The molecule has 5 aromatic rings. The smallest absolute Gasteiger partial charge is 0.264 e. The average molecular weight is 432 g/mol. The van der Waals surface area contributed by atoms with E-state index in [-0.39, 0.29) is 4.90 Å². The van der Waals surface area contributed by atoms with Gasteiger partial charge in [0.2, 0.25) is 0 Å². The van der Waals surface area contributed by atoms with E-state index < -0.39 is 10.0 Å². The number of hydrogen-bond acceptors (Lipinski definition) is 5. The number of benzene rings is 3. The SMILES string of the molecule is Cc1ccc2nc(-c3ccc(NS(=O)(=O)c4cccc5cccnc45)cc3)sc2c1. The Balaban J connectivity index is 1.45. The minimum Gasteiger partial charge on any atom is -0.280 e. The van der Waals surface area contributed by atoms with Crippen LogP contribution in [0.15, 0.2) is 83.9 Å². The van der Waals surface area contributed by atoms with Gasteiger partial charge in [0.1, 0.15) is 9.90 Å². The molecule has 1 N–H and O–H groups in total. The van der Waals surface area contributed by atoms with Gasteiger partial charge in [0.15, 0.2) is 0 Å². The van der Waals surface area contributed by atoms with E-state index >= 15 is 0 Å². The first-order valence-electron chi connectivity index (χ1n) is 9.34. The molecule has 5 rings (SSSR count). The molecule has 30 heavy (non-hydrogen) atoms. The summed E-state index contributed by atoms with van der Waals surface area (Å²) in [7, 11) is -3.77. The molecule has 0 bridgehead atoms. The van der Waals surface area contributed by atoms with E-state index in [0.29, 0.717) is 11.2 Å². The zero-order valence-corrected chi connectivity index (χ0v) is 17.7. The molecule has 0 fully saturated rings. The van der Waals surface area contributed by atoms with Crippen molar-refractivity contribution in [3.63, 3.8) is 0 Å². The third kappa shape index (κ3) is 3.42. The van der Waals surface area contributed by atoms with Crippen molar-refractivity contribution in [3.8, 4) is 10.6 Å². The van der Waals surface area contributed by atoms with Gasteiger partial charge in [0.25, 0.3) is 10.0 Å². The number of para-hydroxylation sites is 1. The number of fused-ring (bicyclic) bond motifs is 2. The van der Waals surface area contributed by atoms with Crippen LogP contribution in [0.5, 0.6) is 0 Å². The van der Waals surface area contributed by atoms with Gasteiger partial charge in [0, 0.05) is 22.8 Å². The van der Waals surface area contributed by atoms with E-state index in [2.05, 4.69) is 27.7 Å². The first-order chi connectivity index (χ1) is 14.5. The maximum absolute atomic E-state index is 13.0. The van der Waals surface area contributed by atoms with Gasteiger partial charge < -0.3 is 0 Å². The monoisotopic (exact) mass is 431 g/mol. The van der Waals surface area contributed by atoms with E-state index in [0.717, 1.165) is 26.2 Å². The van der Waals surface area contributed by atoms with Crippen molar-refractivity contribution < 1.29 is 8.42 Å². The quantitative estimate of drug-likeness (QED) is 0.401. The van der Waals surface area contributed by atoms with Crippen LogP contribution in [-0.4, -0.2) is 18.4 Å². The number of anilines is 1. The normalized spacial score (nSPS) is 11.8. The van der Waals surface area contributed by atoms with Crippen LogP contribution in [0.25, 0.3) is 31.7 Å². The average Bonchev–Trinajstić information content (AvgIpc) is 3.16. The van der Waals surface area contributed by atoms with Gasteiger partial charge in [-0.25, -0.2) is 13.4 Å². The fourth-order valence-corrected chi connectivity index (χ4v) is 5.65. The first kappa shape index (κ1) is 18.7. The van der Waals surface area contributed by atoms with Gasteiger partial charge in [-0.15, -0.1) is 11.3 Å². The van der Waals surface area contributed by atoms with Crippen molar-refractivity contribution in [2.24, 2.45) is 0 Å². The van der Waals surface area contributed by atoms with Gasteiger partial charge in [-0.3, -0.25) is 9.71 Å². The first-order valence-corrected chi connectivity index (χ1v) is 11.6. The van der Waals surface area contributed by atoms with Crippen LogP contribution < -0.4 is 4.72 Å². The fourth-order valence-electron chi connectivity index (χ4n) is 3.34. The van der Waals surface area contributed by atoms with Gasteiger partial charge in [-0.05, 0) is 61.0 Å². The number of thiazole rings is 1. The van der Waals surface area contributed by atoms with E-state index in [1.807, 2.05) is 36.4 Å². The van der Waals surface area contributed by atoms with Crippen LogP contribution in [0, 0.1) is 6.92 Å². The molecule has 0 saturated carbocycles. The van der Waals surface area contributed by atoms with Crippen LogP contribution in [0.3, 0.4) is 0 Å². The largest absolute Gasteiger partial charge is 0.280 e. The molecule has 7 heteroatoms. The summed E-state index contributed by atoms with van der Waals surface area (Å²) in [5.41, 5.74) is 4.06. The van der Waals surface area contributed by atoms with Crippen LogP contribution in [0.2, 0.25) is 0 Å². The molecule has 0 unspecified atom stereocenters. The molecule has 2 aromatic heterocycles. The second-order valence-electron chi connectivity index (χ2n) is 7.00. The van der Waals surface area contributed by atoms with Crippen molar-refractivity contribution in [3.05, 3.63) is 84.6 Å². The predicted molar refractivity (Wildman–Crippen MR) is 122 cm³/mol. The number of sulfonamides is 1. The summed E-state index contributed by atoms with van der Waals surface area (Å²) in [4.78, 5) is 9.08. The zero-order valence-electron chi connectivity index (χ0n) is 16.0. The summed E-state index contributed by atoms with van der Waals surface area (Å²) >= 11 is 1.62. The van der Waals surface area contributed by atoms with Crippen LogP contribution in [0.4, 0.5) is 5.69 Å². The fraction of sp³-hybridized carbons (Fsp3) is 0.0435. The number of aryl methyl sites for hydroxylation is 1.